The van der Waals surface area contributed by atoms with Gasteiger partial charge in [-0.15, -0.1) is 0 Å². The van der Waals surface area contributed by atoms with Gasteiger partial charge in [-0.3, -0.25) is 9.19 Å². The summed E-state index contributed by atoms with van der Waals surface area (Å²) in [5.41, 5.74) is 4.16. The molecule has 0 saturated carbocycles. The predicted molar refractivity (Wildman–Crippen MR) is 113 cm³/mol. The second kappa shape index (κ2) is 17.3. The molecule has 0 aliphatic rings. The Morgan fingerprint density at radius 1 is 1.03 bits per heavy atom. The molecule has 0 bridgehead atoms. The number of halogens is 2. The normalized spacial score (nSPS) is 9.55. The minimum Gasteiger partial charge on any atom is -1.00 e. The van der Waals surface area contributed by atoms with E-state index in [-0.39, 0.29) is 75.5 Å². The van der Waals surface area contributed by atoms with Crippen molar-refractivity contribution in [1.82, 2.24) is 15.0 Å². The summed E-state index contributed by atoms with van der Waals surface area (Å²) >= 11 is 0. The van der Waals surface area contributed by atoms with Crippen LogP contribution in [-0.4, -0.2) is 78.3 Å². The molecule has 0 saturated heterocycles. The molecule has 2 heterocycles. The number of ether oxygens (including phenoxy) is 2. The Morgan fingerprint density at radius 2 is 1.65 bits per heavy atom. The minimum atomic E-state index is -1.33. The van der Waals surface area contributed by atoms with Gasteiger partial charge in [0, 0.05) is 23.4 Å². The van der Waals surface area contributed by atoms with Crippen molar-refractivity contribution in [2.75, 3.05) is 14.2 Å². The Bertz CT molecular complexity index is 947. The minimum absolute atomic E-state index is 0. The number of aryl methyl sites for hydroxylation is 1. The SMILES string of the molecule is COc1ccc2nc([S@@](=O)Cc3ncc(C)c(OC)c3C)[nH]c2c1.O.O.O.O.[Cl-].[Cl-].[Mg+2]. The molecule has 0 spiro atoms. The van der Waals surface area contributed by atoms with Gasteiger partial charge < -0.3 is 61.2 Å². The van der Waals surface area contributed by atoms with Crippen LogP contribution in [0.15, 0.2) is 29.6 Å². The molecule has 2 aromatic heterocycles. The molecule has 174 valence electrons. The molecule has 0 amide bonds. The zero-order valence-electron chi connectivity index (χ0n) is 17.5. The third-order valence-electron chi connectivity index (χ3n) is 3.90. The van der Waals surface area contributed by atoms with Gasteiger partial charge in [0.05, 0.1) is 47.5 Å². The van der Waals surface area contributed by atoms with E-state index in [0.29, 0.717) is 5.16 Å². The summed E-state index contributed by atoms with van der Waals surface area (Å²) in [6, 6.07) is 5.50. The van der Waals surface area contributed by atoms with Crippen molar-refractivity contribution in [3.05, 3.63) is 41.2 Å². The standard InChI is InChI=1S/C17H19N3O3S.2ClH.Mg.4H2O/c1-10-8-18-15(11(2)16(10)23-4)9-24(21)17-19-13-6-5-12(22-3)7-14(13)20-17;;;;;;;/h5-8H,9H2,1-4H3,(H,19,20);2*1H;;4*1H2/q;;;+2;;;;/p-2/t24-;;;;;;;/m0......./s1. The van der Waals surface area contributed by atoms with Gasteiger partial charge in [0.2, 0.25) is 0 Å². The largest absolute Gasteiger partial charge is 2.00 e. The maximum Gasteiger partial charge on any atom is 2.00 e. The second-order valence-electron chi connectivity index (χ2n) is 5.46. The van der Waals surface area contributed by atoms with E-state index in [1.165, 1.54) is 0 Å². The molecule has 0 aliphatic carbocycles. The van der Waals surface area contributed by atoms with Crippen LogP contribution in [0.5, 0.6) is 11.5 Å². The van der Waals surface area contributed by atoms with Gasteiger partial charge in [0.15, 0.2) is 5.16 Å². The molecule has 9 N–H and O–H groups in total. The first-order chi connectivity index (χ1) is 11.5. The van der Waals surface area contributed by atoms with Gasteiger partial charge in [-0.05, 0) is 26.0 Å². The van der Waals surface area contributed by atoms with E-state index in [1.54, 1.807) is 20.4 Å². The molecule has 0 fully saturated rings. The molecular formula is C17H27Cl2MgN3O7S. The number of H-pyrrole nitrogens is 1. The Kier molecular flexibility index (Phi) is 22.5. The fraction of sp³-hybridized carbons (Fsp3) is 0.294. The molecule has 10 nitrogen and oxygen atoms in total. The van der Waals surface area contributed by atoms with Crippen LogP contribution in [0.4, 0.5) is 0 Å². The van der Waals surface area contributed by atoms with E-state index in [9.17, 15) is 4.21 Å². The quantitative estimate of drug-likeness (QED) is 0.330. The molecule has 1 atom stereocenters. The zero-order valence-corrected chi connectivity index (χ0v) is 21.2. The molecule has 1 aromatic carbocycles. The number of aromatic amines is 1. The number of nitrogens with zero attached hydrogens (tertiary/aromatic N) is 2. The molecule has 3 rings (SSSR count). The molecule has 14 heteroatoms. The van der Waals surface area contributed by atoms with Crippen molar-refractivity contribution >= 4 is 44.9 Å². The van der Waals surface area contributed by atoms with Gasteiger partial charge in [-0.1, -0.05) is 0 Å². The van der Waals surface area contributed by atoms with Gasteiger partial charge >= 0.3 is 23.1 Å². The van der Waals surface area contributed by atoms with E-state index in [0.717, 1.165) is 39.4 Å². The summed E-state index contributed by atoms with van der Waals surface area (Å²) in [5, 5.41) is 0.430. The molecule has 31 heavy (non-hydrogen) atoms. The number of methoxy groups -OCH3 is 2. The van der Waals surface area contributed by atoms with Gasteiger partial charge in [0.25, 0.3) is 0 Å². The number of imidazole rings is 1. The maximum absolute atomic E-state index is 12.7. The van der Waals surface area contributed by atoms with Crippen LogP contribution < -0.4 is 34.3 Å². The Labute approximate surface area is 211 Å². The van der Waals surface area contributed by atoms with E-state index in [4.69, 9.17) is 9.47 Å². The smallest absolute Gasteiger partial charge is 1.00 e. The van der Waals surface area contributed by atoms with Crippen molar-refractivity contribution in [2.24, 2.45) is 0 Å². The molecular weight excluding hydrogens is 485 g/mol. The Morgan fingerprint density at radius 3 is 2.19 bits per heavy atom. The summed E-state index contributed by atoms with van der Waals surface area (Å²) in [6.45, 7) is 3.86. The topological polar surface area (TPSA) is 203 Å². The maximum atomic E-state index is 12.7. The second-order valence-corrected chi connectivity index (χ2v) is 6.83. The fourth-order valence-corrected chi connectivity index (χ4v) is 3.71. The Balaban J connectivity index is -0.000000322. The Hall–Kier alpha value is -1.22. The van der Waals surface area contributed by atoms with Crippen molar-refractivity contribution < 1.29 is 60.4 Å². The monoisotopic (exact) mass is 511 g/mol. The number of rotatable bonds is 5. The van der Waals surface area contributed by atoms with Crippen LogP contribution in [0, 0.1) is 13.8 Å². The molecule has 0 unspecified atom stereocenters. The van der Waals surface area contributed by atoms with Gasteiger partial charge in [-0.25, -0.2) is 4.98 Å². The first kappa shape index (κ1) is 40.2. The zero-order chi connectivity index (χ0) is 17.3. The summed E-state index contributed by atoms with van der Waals surface area (Å²) in [5.74, 6) is 1.79. The number of hydrogen-bond donors (Lipinski definition) is 1. The van der Waals surface area contributed by atoms with Crippen molar-refractivity contribution in [3.8, 4) is 11.5 Å². The van der Waals surface area contributed by atoms with E-state index in [2.05, 4.69) is 15.0 Å². The average Bonchev–Trinajstić information content (AvgIpc) is 3.01. The first-order valence-electron chi connectivity index (χ1n) is 7.44. The molecule has 3 aromatic rings. The molecule has 0 aliphatic heterocycles. The van der Waals surface area contributed by atoms with Crippen molar-refractivity contribution in [3.63, 3.8) is 0 Å². The van der Waals surface area contributed by atoms with Crippen LogP contribution in [-0.2, 0) is 16.6 Å². The number of pyridine rings is 1. The third kappa shape index (κ3) is 8.67. The summed E-state index contributed by atoms with van der Waals surface area (Å²) in [6.07, 6.45) is 1.74. The third-order valence-corrected chi connectivity index (χ3v) is 5.06. The van der Waals surface area contributed by atoms with Crippen LogP contribution in [0.1, 0.15) is 16.8 Å². The number of nitrogens with one attached hydrogen (secondary N) is 1. The van der Waals surface area contributed by atoms with Gasteiger partial charge in [0.1, 0.15) is 11.5 Å². The average molecular weight is 513 g/mol. The predicted octanol–water partition coefficient (Wildman–Crippen LogP) is -6.77. The van der Waals surface area contributed by atoms with E-state index >= 15 is 0 Å². The fourth-order valence-electron chi connectivity index (χ4n) is 2.61. The molecule has 0 radical (unpaired) electrons. The first-order valence-corrected chi connectivity index (χ1v) is 8.76. The number of benzene rings is 1. The van der Waals surface area contributed by atoms with E-state index < -0.39 is 10.8 Å². The van der Waals surface area contributed by atoms with Crippen LogP contribution in [0.2, 0.25) is 0 Å². The van der Waals surface area contributed by atoms with Crippen molar-refractivity contribution in [1.29, 1.82) is 0 Å². The van der Waals surface area contributed by atoms with E-state index in [1.807, 2.05) is 32.0 Å². The van der Waals surface area contributed by atoms with Crippen molar-refractivity contribution in [2.45, 2.75) is 24.8 Å². The summed E-state index contributed by atoms with van der Waals surface area (Å²) < 4.78 is 23.3. The van der Waals surface area contributed by atoms with Crippen LogP contribution in [0.3, 0.4) is 0 Å². The summed E-state index contributed by atoms with van der Waals surface area (Å²) in [7, 11) is 1.91. The van der Waals surface area contributed by atoms with Crippen LogP contribution >= 0.6 is 0 Å². The number of fused-ring (bicyclic) bond motifs is 1. The van der Waals surface area contributed by atoms with Gasteiger partial charge in [-0.2, -0.15) is 0 Å². The number of aromatic nitrogens is 3. The van der Waals surface area contributed by atoms with Crippen LogP contribution in [0.25, 0.3) is 11.0 Å². The summed E-state index contributed by atoms with van der Waals surface area (Å²) in [4.78, 5) is 11.9. The number of hydrogen-bond acceptors (Lipinski definition) is 5.